The molecule has 0 heterocycles. The lowest BCUT2D eigenvalue weighted by Crippen LogP contribution is -2.28. The third-order valence-electron chi connectivity index (χ3n) is 0.381. The van der Waals surface area contributed by atoms with Gasteiger partial charge in [0.25, 0.3) is 10.1 Å². The van der Waals surface area contributed by atoms with Crippen LogP contribution in [-0.2, 0) is 10.1 Å². The first kappa shape index (κ1) is 7.83. The van der Waals surface area contributed by atoms with E-state index < -0.39 is 22.1 Å². The molecule has 0 aromatic heterocycles. The van der Waals surface area contributed by atoms with Crippen LogP contribution in [0.2, 0.25) is 0 Å². The van der Waals surface area contributed by atoms with E-state index in [0.29, 0.717) is 0 Å². The third kappa shape index (κ3) is 5.83. The summed E-state index contributed by atoms with van der Waals surface area (Å²) in [5, 5.41) is 8.13. The second-order valence-corrected chi connectivity index (χ2v) is 2.81. The summed E-state index contributed by atoms with van der Waals surface area (Å²) in [6.07, 6.45) is -1.50. The van der Waals surface area contributed by atoms with Crippen molar-refractivity contribution in [3.8, 4) is 0 Å². The van der Waals surface area contributed by atoms with E-state index in [0.717, 1.165) is 0 Å². The molecule has 0 radical (unpaired) electrons. The molecule has 5 nitrogen and oxygen atoms in total. The van der Waals surface area contributed by atoms with Gasteiger partial charge in [-0.25, -0.2) is 0 Å². The molecule has 0 aliphatic carbocycles. The van der Waals surface area contributed by atoms with Crippen molar-refractivity contribution < 1.29 is 18.1 Å². The highest BCUT2D eigenvalue weighted by Gasteiger charge is 2.07. The number of aliphatic hydroxyl groups excluding tert-OH is 1. The van der Waals surface area contributed by atoms with Crippen LogP contribution in [0.3, 0.4) is 0 Å². The van der Waals surface area contributed by atoms with Gasteiger partial charge in [-0.3, -0.25) is 4.55 Å². The Balaban J connectivity index is 3.75. The van der Waals surface area contributed by atoms with Crippen molar-refractivity contribution >= 4 is 10.1 Å². The molecule has 0 aliphatic heterocycles. The maximum atomic E-state index is 9.76. The molecule has 0 rings (SSSR count). The van der Waals surface area contributed by atoms with Crippen LogP contribution >= 0.6 is 0 Å². The summed E-state index contributed by atoms with van der Waals surface area (Å²) in [7, 11) is -4.10. The molecule has 0 bridgehead atoms. The highest BCUT2D eigenvalue weighted by atomic mass is 32.2. The predicted octanol–water partition coefficient (Wildman–Crippen LogP) is -1.85. The minimum Gasteiger partial charge on any atom is -0.378 e. The van der Waals surface area contributed by atoms with Gasteiger partial charge in [0, 0.05) is 0 Å². The van der Waals surface area contributed by atoms with Crippen LogP contribution in [0.5, 0.6) is 0 Å². The Morgan fingerprint density at radius 2 is 2.00 bits per heavy atom. The Labute approximate surface area is 46.9 Å². The van der Waals surface area contributed by atoms with E-state index >= 15 is 0 Å². The summed E-state index contributed by atoms with van der Waals surface area (Å²) in [5.41, 5.74) is 4.59. The molecule has 0 spiro atoms. The molecule has 4 N–H and O–H groups in total. The van der Waals surface area contributed by atoms with E-state index in [9.17, 15) is 8.42 Å². The SMILES string of the molecule is NC(O)CS(=O)(=O)O. The molecule has 0 saturated carbocycles. The van der Waals surface area contributed by atoms with Gasteiger partial charge in [-0.1, -0.05) is 0 Å². The first-order valence-corrected chi connectivity index (χ1v) is 3.41. The van der Waals surface area contributed by atoms with Gasteiger partial charge < -0.3 is 10.8 Å². The van der Waals surface area contributed by atoms with Gasteiger partial charge in [-0.2, -0.15) is 8.42 Å². The molecule has 6 heteroatoms. The number of aliphatic hydroxyl groups is 1. The number of nitrogens with two attached hydrogens (primary N) is 1. The summed E-state index contributed by atoms with van der Waals surface area (Å²) in [5.74, 6) is -0.812. The molecule has 0 aliphatic rings. The van der Waals surface area contributed by atoms with Crippen LogP contribution in [0.1, 0.15) is 0 Å². The van der Waals surface area contributed by atoms with E-state index in [1.807, 2.05) is 0 Å². The average molecular weight is 141 g/mol. The second kappa shape index (κ2) is 2.40. The minimum atomic E-state index is -4.10. The highest BCUT2D eigenvalue weighted by molar-refractivity contribution is 7.85. The van der Waals surface area contributed by atoms with Crippen molar-refractivity contribution in [1.82, 2.24) is 0 Å². The second-order valence-electron chi connectivity index (χ2n) is 1.32. The van der Waals surface area contributed by atoms with Gasteiger partial charge in [0.2, 0.25) is 0 Å². The number of hydrogen-bond acceptors (Lipinski definition) is 4. The van der Waals surface area contributed by atoms with Crippen molar-refractivity contribution in [3.63, 3.8) is 0 Å². The van der Waals surface area contributed by atoms with E-state index in [-0.39, 0.29) is 0 Å². The summed E-state index contributed by atoms with van der Waals surface area (Å²) >= 11 is 0. The Kier molecular flexibility index (Phi) is 2.35. The van der Waals surface area contributed by atoms with Crippen molar-refractivity contribution in [2.24, 2.45) is 5.73 Å². The van der Waals surface area contributed by atoms with Gasteiger partial charge >= 0.3 is 0 Å². The first-order valence-electron chi connectivity index (χ1n) is 1.80. The largest absolute Gasteiger partial charge is 0.378 e. The van der Waals surface area contributed by atoms with Gasteiger partial charge in [0.1, 0.15) is 12.0 Å². The quantitative estimate of drug-likeness (QED) is 0.309. The van der Waals surface area contributed by atoms with E-state index in [1.165, 1.54) is 0 Å². The lowest BCUT2D eigenvalue weighted by Gasteiger charge is -1.97. The molecule has 8 heavy (non-hydrogen) atoms. The van der Waals surface area contributed by atoms with Crippen LogP contribution in [0.15, 0.2) is 0 Å². The summed E-state index contributed by atoms with van der Waals surface area (Å²) in [6.45, 7) is 0. The first-order chi connectivity index (χ1) is 3.42. The van der Waals surface area contributed by atoms with E-state index in [1.54, 1.807) is 0 Å². The normalized spacial score (nSPS) is 15.9. The zero-order valence-corrected chi connectivity index (χ0v) is 4.80. The number of rotatable bonds is 2. The lowest BCUT2D eigenvalue weighted by atomic mass is 10.7. The van der Waals surface area contributed by atoms with Crippen molar-refractivity contribution in [1.29, 1.82) is 0 Å². The van der Waals surface area contributed by atoms with Crippen LogP contribution < -0.4 is 5.73 Å². The maximum Gasteiger partial charge on any atom is 0.268 e. The Morgan fingerprint density at radius 1 is 1.62 bits per heavy atom. The fourth-order valence-corrected chi connectivity index (χ4v) is 0.647. The van der Waals surface area contributed by atoms with Crippen LogP contribution in [-0.4, -0.2) is 30.1 Å². The van der Waals surface area contributed by atoms with Crippen LogP contribution in [0.25, 0.3) is 0 Å². The molecule has 0 saturated heterocycles. The lowest BCUT2D eigenvalue weighted by molar-refractivity contribution is 0.203. The molecule has 50 valence electrons. The smallest absolute Gasteiger partial charge is 0.268 e. The molecule has 0 amide bonds. The summed E-state index contributed by atoms with van der Waals surface area (Å²) in [4.78, 5) is 0. The molecule has 1 unspecified atom stereocenters. The van der Waals surface area contributed by atoms with Gasteiger partial charge in [0.05, 0.1) is 0 Å². The summed E-state index contributed by atoms with van der Waals surface area (Å²) in [6, 6.07) is 0. The monoisotopic (exact) mass is 141 g/mol. The fraction of sp³-hybridized carbons (Fsp3) is 1.00. The molecule has 0 aromatic carbocycles. The topological polar surface area (TPSA) is 101 Å². The zero-order chi connectivity index (χ0) is 6.78. The average Bonchev–Trinajstić information content (AvgIpc) is 1.21. The van der Waals surface area contributed by atoms with Gasteiger partial charge in [0.15, 0.2) is 0 Å². The number of hydrogen-bond donors (Lipinski definition) is 3. The molecule has 0 aromatic rings. The van der Waals surface area contributed by atoms with Crippen LogP contribution in [0.4, 0.5) is 0 Å². The maximum absolute atomic E-state index is 9.76. The highest BCUT2D eigenvalue weighted by Crippen LogP contribution is 1.81. The van der Waals surface area contributed by atoms with Gasteiger partial charge in [-0.15, -0.1) is 0 Å². The minimum absolute atomic E-state index is 0.812. The Bertz CT molecular complexity index is 147. The zero-order valence-electron chi connectivity index (χ0n) is 3.98. The van der Waals surface area contributed by atoms with Crippen molar-refractivity contribution in [3.05, 3.63) is 0 Å². The molecule has 0 fully saturated rings. The van der Waals surface area contributed by atoms with E-state index in [2.05, 4.69) is 5.73 Å². The van der Waals surface area contributed by atoms with Crippen molar-refractivity contribution in [2.75, 3.05) is 5.75 Å². The Hall–Kier alpha value is -0.170. The molecular weight excluding hydrogens is 134 g/mol. The molecule has 1 atom stereocenters. The molecular formula is C2H7NO4S. The summed E-state index contributed by atoms with van der Waals surface area (Å²) < 4.78 is 27.4. The standard InChI is InChI=1S/C2H7NO4S/c3-2(4)1-8(5,6)7/h2,4H,1,3H2,(H,5,6,7). The fourth-order valence-electron chi connectivity index (χ4n) is 0.216. The Morgan fingerprint density at radius 3 is 2.00 bits per heavy atom. The predicted molar refractivity (Wildman–Crippen MR) is 26.6 cm³/mol. The third-order valence-corrected chi connectivity index (χ3v) is 1.14. The van der Waals surface area contributed by atoms with Crippen molar-refractivity contribution in [2.45, 2.75) is 6.23 Å². The van der Waals surface area contributed by atoms with E-state index in [4.69, 9.17) is 9.66 Å². The van der Waals surface area contributed by atoms with Crippen LogP contribution in [0, 0.1) is 0 Å². The van der Waals surface area contributed by atoms with Gasteiger partial charge in [-0.05, 0) is 0 Å².